The molecule has 4 nitrogen and oxygen atoms in total. The molecule has 0 amide bonds. The number of halogens is 1. The van der Waals surface area contributed by atoms with Gasteiger partial charge in [0.2, 0.25) is 5.89 Å². The topological polar surface area (TPSA) is 58.9 Å². The van der Waals surface area contributed by atoms with E-state index in [1.165, 1.54) is 19.1 Å². The third kappa shape index (κ3) is 4.82. The monoisotopic (exact) mass is 422 g/mol. The molecule has 4 aromatic rings. The first-order valence-electron chi connectivity index (χ1n) is 10.3. The van der Waals surface area contributed by atoms with Crippen LogP contribution in [0.15, 0.2) is 64.0 Å². The molecule has 0 unspecified atom stereocenters. The fraction of sp³-hybridized carbons (Fsp3) is 0.280. The molecule has 0 aliphatic carbocycles. The molecule has 30 heavy (non-hydrogen) atoms. The van der Waals surface area contributed by atoms with Gasteiger partial charge < -0.3 is 9.40 Å². The largest absolute Gasteiger partial charge is 0.444 e. The van der Waals surface area contributed by atoms with Crippen LogP contribution in [0.4, 0.5) is 0 Å². The Bertz CT molecular complexity index is 1170. The average Bonchev–Trinajstić information content (AvgIpc) is 3.19. The lowest BCUT2D eigenvalue weighted by molar-refractivity contribution is 0.544. The molecule has 0 saturated heterocycles. The number of hydrogen-bond acceptors (Lipinski definition) is 3. The van der Waals surface area contributed by atoms with Crippen molar-refractivity contribution in [3.63, 3.8) is 0 Å². The fourth-order valence-corrected chi connectivity index (χ4v) is 3.30. The molecule has 0 fully saturated rings. The van der Waals surface area contributed by atoms with E-state index in [9.17, 15) is 4.79 Å². The van der Waals surface area contributed by atoms with E-state index in [-0.39, 0.29) is 5.56 Å². The van der Waals surface area contributed by atoms with E-state index < -0.39 is 0 Å². The van der Waals surface area contributed by atoms with Gasteiger partial charge in [-0.25, -0.2) is 4.98 Å². The van der Waals surface area contributed by atoms with Crippen molar-refractivity contribution in [2.24, 2.45) is 5.92 Å². The Morgan fingerprint density at radius 2 is 1.77 bits per heavy atom. The minimum Gasteiger partial charge on any atom is -0.444 e. The standard InChI is InChI=1S/C19H13ClN2O2.C6H14/c1-11-10-24-19(21-11)17-16(12-5-3-2-4-6-12)14-9-13(20)7-8-15(14)22-18(17)23;1-4-6(3)5-2/h2-10H,1H3,(H,22,23);6H,4-5H2,1-3H3. The number of H-pyrrole nitrogens is 1. The lowest BCUT2D eigenvalue weighted by Crippen LogP contribution is -2.11. The number of rotatable bonds is 4. The zero-order valence-electron chi connectivity index (χ0n) is 17.8. The minimum atomic E-state index is -0.245. The van der Waals surface area contributed by atoms with E-state index in [4.69, 9.17) is 16.0 Å². The maximum atomic E-state index is 12.7. The van der Waals surface area contributed by atoms with Crippen LogP contribution in [-0.2, 0) is 0 Å². The molecule has 156 valence electrons. The first-order valence-corrected chi connectivity index (χ1v) is 10.7. The van der Waals surface area contributed by atoms with Gasteiger partial charge in [-0.1, -0.05) is 75.5 Å². The third-order valence-corrected chi connectivity index (χ3v) is 5.50. The number of benzene rings is 2. The summed E-state index contributed by atoms with van der Waals surface area (Å²) >= 11 is 6.19. The second-order valence-corrected chi connectivity index (χ2v) is 7.91. The van der Waals surface area contributed by atoms with E-state index in [0.717, 1.165) is 33.6 Å². The molecule has 0 atom stereocenters. The van der Waals surface area contributed by atoms with Crippen molar-refractivity contribution >= 4 is 22.5 Å². The number of nitrogens with one attached hydrogen (secondary N) is 1. The molecule has 5 heteroatoms. The second-order valence-electron chi connectivity index (χ2n) is 7.48. The molecule has 0 saturated carbocycles. The molecule has 0 aliphatic heterocycles. The number of nitrogens with zero attached hydrogens (tertiary/aromatic N) is 1. The Hall–Kier alpha value is -2.85. The van der Waals surface area contributed by atoms with Crippen LogP contribution in [0.25, 0.3) is 33.5 Å². The molecule has 1 N–H and O–H groups in total. The molecule has 4 rings (SSSR count). The van der Waals surface area contributed by atoms with Crippen LogP contribution in [-0.4, -0.2) is 9.97 Å². The smallest absolute Gasteiger partial charge is 0.261 e. The van der Waals surface area contributed by atoms with Crippen LogP contribution in [0.5, 0.6) is 0 Å². The van der Waals surface area contributed by atoms with Crippen molar-refractivity contribution in [3.05, 3.63) is 75.9 Å². The minimum absolute atomic E-state index is 0.245. The molecular weight excluding hydrogens is 396 g/mol. The highest BCUT2D eigenvalue weighted by atomic mass is 35.5. The van der Waals surface area contributed by atoms with Crippen molar-refractivity contribution < 1.29 is 4.42 Å². The Morgan fingerprint density at radius 3 is 2.33 bits per heavy atom. The Morgan fingerprint density at radius 1 is 1.07 bits per heavy atom. The number of aromatic amines is 1. The van der Waals surface area contributed by atoms with Gasteiger partial charge >= 0.3 is 0 Å². The quantitative estimate of drug-likeness (QED) is 0.376. The van der Waals surface area contributed by atoms with E-state index >= 15 is 0 Å². The van der Waals surface area contributed by atoms with Crippen LogP contribution in [0.2, 0.25) is 5.02 Å². The molecule has 2 aromatic heterocycles. The summed E-state index contributed by atoms with van der Waals surface area (Å²) in [5, 5.41) is 1.44. The van der Waals surface area contributed by atoms with E-state index in [1.54, 1.807) is 12.1 Å². The van der Waals surface area contributed by atoms with E-state index in [0.29, 0.717) is 16.5 Å². The normalized spacial score (nSPS) is 10.9. The summed E-state index contributed by atoms with van der Waals surface area (Å²) in [6.07, 6.45) is 4.19. The first-order chi connectivity index (χ1) is 14.4. The van der Waals surface area contributed by atoms with Crippen molar-refractivity contribution in [2.75, 3.05) is 0 Å². The number of hydrogen-bond donors (Lipinski definition) is 1. The van der Waals surface area contributed by atoms with Gasteiger partial charge in [0.25, 0.3) is 5.56 Å². The van der Waals surface area contributed by atoms with Crippen LogP contribution in [0.3, 0.4) is 0 Å². The van der Waals surface area contributed by atoms with Crippen molar-refractivity contribution in [1.29, 1.82) is 0 Å². The second kappa shape index (κ2) is 9.77. The average molecular weight is 423 g/mol. The Balaban J connectivity index is 0.000000377. The van der Waals surface area contributed by atoms with Crippen molar-refractivity contribution in [3.8, 4) is 22.6 Å². The van der Waals surface area contributed by atoms with Gasteiger partial charge in [-0.2, -0.15) is 0 Å². The van der Waals surface area contributed by atoms with Crippen molar-refractivity contribution in [1.82, 2.24) is 9.97 Å². The molecule has 0 radical (unpaired) electrons. The van der Waals surface area contributed by atoms with Crippen LogP contribution in [0.1, 0.15) is 39.3 Å². The molecule has 2 aromatic carbocycles. The SMILES string of the molecule is CCC(C)CC.Cc1coc(-c2c(-c3ccccc3)c3cc(Cl)ccc3[nH]c2=O)n1. The van der Waals surface area contributed by atoms with Gasteiger partial charge in [-0.05, 0) is 36.6 Å². The highest BCUT2D eigenvalue weighted by molar-refractivity contribution is 6.31. The van der Waals surface area contributed by atoms with Gasteiger partial charge in [-0.15, -0.1) is 0 Å². The summed E-state index contributed by atoms with van der Waals surface area (Å²) in [4.78, 5) is 20.0. The maximum Gasteiger partial charge on any atom is 0.261 e. The van der Waals surface area contributed by atoms with Crippen LogP contribution in [0, 0.1) is 12.8 Å². The summed E-state index contributed by atoms with van der Waals surface area (Å²) in [5.41, 5.74) is 3.26. The summed E-state index contributed by atoms with van der Waals surface area (Å²) in [6.45, 7) is 8.56. The van der Waals surface area contributed by atoms with E-state index in [1.807, 2.05) is 43.3 Å². The number of aromatic nitrogens is 2. The number of fused-ring (bicyclic) bond motifs is 1. The zero-order chi connectivity index (χ0) is 21.7. The van der Waals surface area contributed by atoms with Gasteiger partial charge in [0.15, 0.2) is 0 Å². The number of pyridine rings is 1. The summed E-state index contributed by atoms with van der Waals surface area (Å²) in [7, 11) is 0. The highest BCUT2D eigenvalue weighted by Crippen LogP contribution is 2.35. The van der Waals surface area contributed by atoms with Gasteiger partial charge in [0, 0.05) is 21.5 Å². The number of aryl methyl sites for hydroxylation is 1. The predicted molar refractivity (Wildman–Crippen MR) is 125 cm³/mol. The summed E-state index contributed by atoms with van der Waals surface area (Å²) < 4.78 is 5.51. The molecular formula is C25H27ClN2O2. The third-order valence-electron chi connectivity index (χ3n) is 5.27. The first kappa shape index (κ1) is 21.8. The summed E-state index contributed by atoms with van der Waals surface area (Å²) in [6, 6.07) is 15.1. The maximum absolute atomic E-state index is 12.7. The van der Waals surface area contributed by atoms with Gasteiger partial charge in [0.05, 0.1) is 5.69 Å². The summed E-state index contributed by atoms with van der Waals surface area (Å²) in [5.74, 6) is 1.24. The fourth-order valence-electron chi connectivity index (χ4n) is 3.13. The molecule has 0 aliphatic rings. The van der Waals surface area contributed by atoms with Crippen LogP contribution >= 0.6 is 11.6 Å². The van der Waals surface area contributed by atoms with Gasteiger partial charge in [-0.3, -0.25) is 4.79 Å². The Kier molecular flexibility index (Phi) is 7.11. The van der Waals surface area contributed by atoms with Crippen molar-refractivity contribution in [2.45, 2.75) is 40.5 Å². The Labute approximate surface area is 181 Å². The van der Waals surface area contributed by atoms with Gasteiger partial charge in [0.1, 0.15) is 11.8 Å². The predicted octanol–water partition coefficient (Wildman–Crippen LogP) is 7.25. The number of oxazole rings is 1. The molecule has 0 spiro atoms. The highest BCUT2D eigenvalue weighted by Gasteiger charge is 2.20. The lowest BCUT2D eigenvalue weighted by Gasteiger charge is -2.11. The van der Waals surface area contributed by atoms with E-state index in [2.05, 4.69) is 30.7 Å². The van der Waals surface area contributed by atoms with Crippen LogP contribution < -0.4 is 5.56 Å². The zero-order valence-corrected chi connectivity index (χ0v) is 18.6. The molecule has 0 bridgehead atoms. The lowest BCUT2D eigenvalue weighted by atomic mass is 9.96. The molecule has 2 heterocycles.